The fourth-order valence-corrected chi connectivity index (χ4v) is 0.903. The summed E-state index contributed by atoms with van der Waals surface area (Å²) in [5.41, 5.74) is 3.30. The number of carbonyl (C=O) groups excluding carboxylic acids is 2. The van der Waals surface area contributed by atoms with E-state index in [0.717, 1.165) is 7.05 Å². The van der Waals surface area contributed by atoms with Gasteiger partial charge in [-0.15, -0.1) is 4.91 Å². The van der Waals surface area contributed by atoms with E-state index < -0.39 is 18.0 Å². The van der Waals surface area contributed by atoms with Gasteiger partial charge in [0.2, 0.25) is 0 Å². The molecule has 0 rings (SSSR count). The van der Waals surface area contributed by atoms with E-state index in [9.17, 15) is 19.6 Å². The number of carboxylic acid groups (broad SMARTS) is 1. The quantitative estimate of drug-likeness (QED) is 0.298. The summed E-state index contributed by atoms with van der Waals surface area (Å²) in [6, 6.07) is -1.88. The lowest BCUT2D eigenvalue weighted by Crippen LogP contribution is -2.68. The number of hydrogen-bond acceptors (Lipinski definition) is 6. The highest BCUT2D eigenvalue weighted by molar-refractivity contribution is 5.72. The number of carbonyl (C=O) groups is 2. The average Bonchev–Trinajstić information content (AvgIpc) is 2.26. The van der Waals surface area contributed by atoms with Gasteiger partial charge in [0.1, 0.15) is 6.04 Å². The molecule has 0 heterocycles. The molecular weight excluding hydrogens is 220 g/mol. The molecule has 0 saturated carbocycles. The molecule has 1 atom stereocenters. The van der Waals surface area contributed by atoms with Gasteiger partial charge in [-0.1, -0.05) is 0 Å². The van der Waals surface area contributed by atoms with Crippen LogP contribution >= 0.6 is 0 Å². The number of rotatable bonds is 6. The van der Waals surface area contributed by atoms with Crippen molar-refractivity contribution in [3.05, 3.63) is 4.91 Å². The van der Waals surface area contributed by atoms with Crippen molar-refractivity contribution in [1.29, 1.82) is 0 Å². The molecule has 92 valence electrons. The zero-order chi connectivity index (χ0) is 12.7. The fourth-order valence-electron chi connectivity index (χ4n) is 0.903. The first-order valence-electron chi connectivity index (χ1n) is 4.51. The second-order valence-electron chi connectivity index (χ2n) is 3.17. The third kappa shape index (κ3) is 4.66. The van der Waals surface area contributed by atoms with Crippen LogP contribution in [0.5, 0.6) is 0 Å². The van der Waals surface area contributed by atoms with E-state index in [2.05, 4.69) is 11.0 Å². The van der Waals surface area contributed by atoms with Crippen LogP contribution in [0.3, 0.4) is 0 Å². The standard InChI is InChI=1S/C7H14N4O5/c1-10(9-15)7(14)11(16)4-2-3-5(8)6(12)13/h5,16H,2-4,8H2,1H3,(H,12,13)/t5-/m0/s1. The summed E-state index contributed by atoms with van der Waals surface area (Å²) >= 11 is 0. The number of nitroso groups, excluding NO2 is 1. The molecule has 0 spiro atoms. The maximum absolute atomic E-state index is 11.0. The minimum atomic E-state index is -1.29. The van der Waals surface area contributed by atoms with Crippen LogP contribution in [0.4, 0.5) is 4.79 Å². The van der Waals surface area contributed by atoms with Crippen molar-refractivity contribution in [1.82, 2.24) is 10.1 Å². The zero-order valence-electron chi connectivity index (χ0n) is 8.83. The molecule has 0 fully saturated rings. The normalized spacial score (nSPS) is 11.7. The number of urea groups is 1. The zero-order valence-corrected chi connectivity index (χ0v) is 8.83. The lowest BCUT2D eigenvalue weighted by molar-refractivity contribution is -0.438. The molecule has 2 amide bonds. The molecule has 0 bridgehead atoms. The van der Waals surface area contributed by atoms with E-state index in [-0.39, 0.29) is 24.4 Å². The summed E-state index contributed by atoms with van der Waals surface area (Å²) in [7, 11) is 1.09. The van der Waals surface area contributed by atoms with E-state index in [1.54, 1.807) is 0 Å². The number of carboxylic acids is 1. The minimum Gasteiger partial charge on any atom is -0.544 e. The Balaban J connectivity index is 3.90. The van der Waals surface area contributed by atoms with E-state index in [1.165, 1.54) is 0 Å². The number of aliphatic carboxylic acids is 1. The number of hydroxylamine groups is 2. The van der Waals surface area contributed by atoms with E-state index >= 15 is 0 Å². The maximum Gasteiger partial charge on any atom is 0.366 e. The second-order valence-corrected chi connectivity index (χ2v) is 3.17. The van der Waals surface area contributed by atoms with Crippen LogP contribution < -0.4 is 10.8 Å². The molecule has 4 N–H and O–H groups in total. The van der Waals surface area contributed by atoms with Crippen molar-refractivity contribution < 1.29 is 25.6 Å². The highest BCUT2D eigenvalue weighted by Gasteiger charge is 2.17. The van der Waals surface area contributed by atoms with Crippen molar-refractivity contribution in [2.24, 2.45) is 5.29 Å². The summed E-state index contributed by atoms with van der Waals surface area (Å²) in [6.45, 7) is -0.113. The second kappa shape index (κ2) is 6.69. The monoisotopic (exact) mass is 234 g/mol. The van der Waals surface area contributed by atoms with E-state index in [4.69, 9.17) is 5.21 Å². The molecule has 0 aliphatic heterocycles. The van der Waals surface area contributed by atoms with Gasteiger partial charge in [-0.05, 0) is 6.42 Å². The number of quaternary nitrogens is 1. The van der Waals surface area contributed by atoms with Crippen LogP contribution in [0.25, 0.3) is 0 Å². The third-order valence-electron chi connectivity index (χ3n) is 1.88. The topological polar surface area (TPSA) is 141 Å². The Morgan fingerprint density at radius 2 is 2.12 bits per heavy atom. The van der Waals surface area contributed by atoms with Crippen molar-refractivity contribution in [3.8, 4) is 0 Å². The molecule has 0 aromatic carbocycles. The summed E-state index contributed by atoms with van der Waals surface area (Å²) in [4.78, 5) is 31.3. The molecule has 9 heteroatoms. The number of nitrogens with zero attached hydrogens (tertiary/aromatic N) is 3. The Hall–Kier alpha value is -1.74. The van der Waals surface area contributed by atoms with Gasteiger partial charge in [0.25, 0.3) is 0 Å². The van der Waals surface area contributed by atoms with Crippen LogP contribution in [0.2, 0.25) is 0 Å². The highest BCUT2D eigenvalue weighted by atomic mass is 16.5. The molecule has 0 unspecified atom stereocenters. The Morgan fingerprint density at radius 1 is 1.56 bits per heavy atom. The van der Waals surface area contributed by atoms with Gasteiger partial charge in [0, 0.05) is 13.5 Å². The summed E-state index contributed by atoms with van der Waals surface area (Å²) < 4.78 is 0. The number of amides is 2. The van der Waals surface area contributed by atoms with Gasteiger partial charge in [-0.25, -0.2) is 9.86 Å². The lowest BCUT2D eigenvalue weighted by atomic mass is 10.2. The van der Waals surface area contributed by atoms with Crippen LogP contribution in [-0.2, 0) is 4.79 Å². The molecule has 0 aliphatic rings. The Morgan fingerprint density at radius 3 is 2.56 bits per heavy atom. The predicted octanol–water partition coefficient (Wildman–Crippen LogP) is -2.45. The first-order chi connectivity index (χ1) is 7.40. The predicted molar refractivity (Wildman–Crippen MR) is 48.4 cm³/mol. The summed E-state index contributed by atoms with van der Waals surface area (Å²) in [5.74, 6) is -1.29. The van der Waals surface area contributed by atoms with Gasteiger partial charge in [-0.2, -0.15) is 5.01 Å². The molecule has 0 aromatic heterocycles. The molecule has 0 aromatic rings. The Labute approximate surface area is 91.3 Å². The maximum atomic E-state index is 11.0. The largest absolute Gasteiger partial charge is 0.544 e. The molecule has 0 radical (unpaired) electrons. The minimum absolute atomic E-state index is 0.113. The SMILES string of the molecule is CN(N=O)C(=O)N(O)CCC[C@H]([NH3+])C(=O)[O-]. The van der Waals surface area contributed by atoms with Crippen LogP contribution in [-0.4, -0.2) is 46.9 Å². The Bertz CT molecular complexity index is 272. The smallest absolute Gasteiger partial charge is 0.366 e. The average molecular weight is 234 g/mol. The van der Waals surface area contributed by atoms with Crippen LogP contribution in [0, 0.1) is 4.91 Å². The summed E-state index contributed by atoms with van der Waals surface area (Å²) in [5, 5.41) is 22.4. The van der Waals surface area contributed by atoms with E-state index in [0.29, 0.717) is 5.01 Å². The first kappa shape index (κ1) is 14.3. The van der Waals surface area contributed by atoms with Gasteiger partial charge in [0.05, 0.1) is 17.8 Å². The fraction of sp³-hybridized carbons (Fsp3) is 0.714. The van der Waals surface area contributed by atoms with Gasteiger partial charge in [-0.3, -0.25) is 5.21 Å². The van der Waals surface area contributed by atoms with Crippen LogP contribution in [0.1, 0.15) is 12.8 Å². The van der Waals surface area contributed by atoms with Gasteiger partial charge < -0.3 is 15.6 Å². The van der Waals surface area contributed by atoms with E-state index in [1.807, 2.05) is 0 Å². The lowest BCUT2D eigenvalue weighted by Gasteiger charge is -2.17. The van der Waals surface area contributed by atoms with Crippen LogP contribution in [0.15, 0.2) is 5.29 Å². The van der Waals surface area contributed by atoms with Crippen molar-refractivity contribution in [2.75, 3.05) is 13.6 Å². The van der Waals surface area contributed by atoms with Crippen molar-refractivity contribution >= 4 is 12.0 Å². The van der Waals surface area contributed by atoms with Crippen molar-refractivity contribution in [2.45, 2.75) is 18.9 Å². The third-order valence-corrected chi connectivity index (χ3v) is 1.88. The molecular formula is C7H14N4O5. The molecule has 0 aliphatic carbocycles. The summed E-state index contributed by atoms with van der Waals surface area (Å²) in [6.07, 6.45) is 0.377. The molecule has 0 saturated heterocycles. The molecule has 9 nitrogen and oxygen atoms in total. The van der Waals surface area contributed by atoms with Gasteiger partial charge in [0.15, 0.2) is 0 Å². The van der Waals surface area contributed by atoms with Gasteiger partial charge >= 0.3 is 6.03 Å². The Kier molecular flexibility index (Phi) is 5.96. The van der Waals surface area contributed by atoms with Crippen molar-refractivity contribution in [3.63, 3.8) is 0 Å². The highest BCUT2D eigenvalue weighted by Crippen LogP contribution is 1.98. The number of hydrogen-bond donors (Lipinski definition) is 2. The molecule has 16 heavy (non-hydrogen) atoms. The first-order valence-corrected chi connectivity index (χ1v) is 4.51.